The van der Waals surface area contributed by atoms with Crippen LogP contribution in [0.3, 0.4) is 0 Å². The minimum absolute atomic E-state index is 0.0432. The van der Waals surface area contributed by atoms with Crippen molar-refractivity contribution in [1.82, 2.24) is 0 Å². The minimum Gasteiger partial charge on any atom is -0.456 e. The number of hydrogen-bond acceptors (Lipinski definition) is 3. The molecule has 2 nitrogen and oxygen atoms in total. The smallest absolute Gasteiger partial charge is 0.135 e. The van der Waals surface area contributed by atoms with Crippen LogP contribution in [0.2, 0.25) is 0 Å². The van der Waals surface area contributed by atoms with Gasteiger partial charge >= 0.3 is 0 Å². The fraction of sp³-hybridized carbons (Fsp3) is 0.0698. The quantitative estimate of drug-likeness (QED) is 0.199. The first-order valence-corrected chi connectivity index (χ1v) is 16.7. The molecule has 0 saturated heterocycles. The predicted octanol–water partition coefficient (Wildman–Crippen LogP) is 12.9. The van der Waals surface area contributed by atoms with E-state index in [4.69, 9.17) is 4.42 Å². The second kappa shape index (κ2) is 9.32. The Bertz CT molecular complexity index is 2690. The van der Waals surface area contributed by atoms with E-state index >= 15 is 0 Å². The van der Waals surface area contributed by atoms with Gasteiger partial charge in [0.25, 0.3) is 0 Å². The van der Waals surface area contributed by atoms with Crippen molar-refractivity contribution in [3.05, 3.63) is 151 Å². The summed E-state index contributed by atoms with van der Waals surface area (Å²) >= 11 is 1.87. The highest BCUT2D eigenvalue weighted by atomic mass is 32.1. The van der Waals surface area contributed by atoms with E-state index in [0.29, 0.717) is 0 Å². The number of hydrogen-bond donors (Lipinski definition) is 0. The van der Waals surface area contributed by atoms with Gasteiger partial charge < -0.3 is 9.32 Å². The molecule has 0 N–H and O–H groups in total. The molecule has 3 heteroatoms. The molecule has 0 saturated carbocycles. The van der Waals surface area contributed by atoms with Gasteiger partial charge in [-0.1, -0.05) is 92.7 Å². The first kappa shape index (κ1) is 25.9. The molecular formula is C43H29NOS. The van der Waals surface area contributed by atoms with Gasteiger partial charge in [-0.05, 0) is 93.7 Å². The van der Waals surface area contributed by atoms with E-state index in [0.717, 1.165) is 39.0 Å². The molecule has 10 rings (SSSR count). The summed E-state index contributed by atoms with van der Waals surface area (Å²) in [6.07, 6.45) is 0. The highest BCUT2D eigenvalue weighted by molar-refractivity contribution is 7.26. The molecule has 0 bridgehead atoms. The van der Waals surface area contributed by atoms with Gasteiger partial charge in [0.1, 0.15) is 11.2 Å². The Morgan fingerprint density at radius 3 is 2.07 bits per heavy atom. The number of fused-ring (bicyclic) bond motifs is 11. The number of nitrogens with zero attached hydrogens (tertiary/aromatic N) is 1. The largest absolute Gasteiger partial charge is 0.456 e. The molecule has 0 fully saturated rings. The van der Waals surface area contributed by atoms with Gasteiger partial charge in [0.15, 0.2) is 0 Å². The maximum atomic E-state index is 6.24. The Balaban J connectivity index is 1.25. The van der Waals surface area contributed by atoms with Crippen LogP contribution in [0, 0.1) is 0 Å². The maximum Gasteiger partial charge on any atom is 0.135 e. The molecule has 9 aromatic rings. The van der Waals surface area contributed by atoms with Crippen molar-refractivity contribution in [3.63, 3.8) is 0 Å². The van der Waals surface area contributed by atoms with E-state index in [1.165, 1.54) is 53.2 Å². The highest BCUT2D eigenvalue weighted by Gasteiger charge is 2.35. The zero-order valence-electron chi connectivity index (χ0n) is 25.5. The standard InChI is InChI=1S/C43H29NOS/c1-43(2)36-12-6-3-9-30(36)34-24-28(18-20-37(34)43)44(29-19-21-39-35(25-29)31-10-4-7-13-38(31)45-39)27-17-15-26-16-22-41-42(33(26)23-27)32-11-5-8-14-40(32)46-41/h3-25H,1-2H3. The fourth-order valence-corrected chi connectivity index (χ4v) is 8.94. The van der Waals surface area contributed by atoms with Crippen LogP contribution in [0.5, 0.6) is 0 Å². The molecule has 218 valence electrons. The van der Waals surface area contributed by atoms with Gasteiger partial charge in [-0.3, -0.25) is 0 Å². The number of thiophene rings is 1. The summed E-state index contributed by atoms with van der Waals surface area (Å²) in [5.74, 6) is 0. The zero-order chi connectivity index (χ0) is 30.6. The first-order chi connectivity index (χ1) is 22.5. The molecular weight excluding hydrogens is 579 g/mol. The van der Waals surface area contributed by atoms with Crippen LogP contribution in [0.4, 0.5) is 17.1 Å². The maximum absolute atomic E-state index is 6.24. The molecule has 46 heavy (non-hydrogen) atoms. The molecule has 0 spiro atoms. The number of para-hydroxylation sites is 1. The lowest BCUT2D eigenvalue weighted by Crippen LogP contribution is -2.15. The van der Waals surface area contributed by atoms with Crippen LogP contribution >= 0.6 is 11.3 Å². The number of benzene rings is 7. The van der Waals surface area contributed by atoms with Crippen molar-refractivity contribution in [2.24, 2.45) is 0 Å². The normalized spacial score (nSPS) is 13.6. The summed E-state index contributed by atoms with van der Waals surface area (Å²) in [7, 11) is 0. The molecule has 1 aliphatic rings. The monoisotopic (exact) mass is 607 g/mol. The number of rotatable bonds is 3. The molecule has 2 heterocycles. The third-order valence-electron chi connectivity index (χ3n) is 10.0. The van der Waals surface area contributed by atoms with Crippen molar-refractivity contribution in [2.45, 2.75) is 19.3 Å². The van der Waals surface area contributed by atoms with Crippen molar-refractivity contribution < 1.29 is 4.42 Å². The fourth-order valence-electron chi connectivity index (χ4n) is 7.82. The van der Waals surface area contributed by atoms with E-state index in [1.807, 2.05) is 23.5 Å². The number of furan rings is 1. The molecule has 0 aliphatic heterocycles. The Morgan fingerprint density at radius 1 is 0.500 bits per heavy atom. The van der Waals surface area contributed by atoms with Gasteiger partial charge in [0.2, 0.25) is 0 Å². The molecule has 0 radical (unpaired) electrons. The van der Waals surface area contributed by atoms with Gasteiger partial charge in [-0.15, -0.1) is 11.3 Å². The summed E-state index contributed by atoms with van der Waals surface area (Å²) < 4.78 is 8.88. The average Bonchev–Trinajstić information content (AvgIpc) is 3.73. The summed E-state index contributed by atoms with van der Waals surface area (Å²) in [5.41, 5.74) is 10.5. The molecule has 7 aromatic carbocycles. The minimum atomic E-state index is -0.0432. The lowest BCUT2D eigenvalue weighted by atomic mass is 9.82. The number of anilines is 3. The average molecular weight is 608 g/mol. The van der Waals surface area contributed by atoms with Crippen LogP contribution in [0.1, 0.15) is 25.0 Å². The van der Waals surface area contributed by atoms with Crippen LogP contribution < -0.4 is 4.90 Å². The summed E-state index contributed by atoms with van der Waals surface area (Å²) in [5, 5.41) is 7.44. The van der Waals surface area contributed by atoms with E-state index in [1.54, 1.807) is 0 Å². The Labute approximate surface area is 270 Å². The second-order valence-electron chi connectivity index (χ2n) is 13.0. The van der Waals surface area contributed by atoms with Gasteiger partial charge in [0, 0.05) is 53.4 Å². The Morgan fingerprint density at radius 2 is 1.15 bits per heavy atom. The summed E-state index contributed by atoms with van der Waals surface area (Å²) in [6.45, 7) is 4.68. The summed E-state index contributed by atoms with van der Waals surface area (Å²) in [4.78, 5) is 2.42. The molecule has 1 aliphatic carbocycles. The Hall–Kier alpha value is -5.38. The lowest BCUT2D eigenvalue weighted by molar-refractivity contribution is 0.660. The van der Waals surface area contributed by atoms with Gasteiger partial charge in [0.05, 0.1) is 0 Å². The topological polar surface area (TPSA) is 16.4 Å². The predicted molar refractivity (Wildman–Crippen MR) is 196 cm³/mol. The van der Waals surface area contributed by atoms with Gasteiger partial charge in [-0.2, -0.15) is 0 Å². The summed E-state index contributed by atoms with van der Waals surface area (Å²) in [6, 6.07) is 51.1. The first-order valence-electron chi connectivity index (χ1n) is 15.8. The van der Waals surface area contributed by atoms with E-state index in [-0.39, 0.29) is 5.41 Å². The Kier molecular flexibility index (Phi) is 5.25. The van der Waals surface area contributed by atoms with Gasteiger partial charge in [-0.25, -0.2) is 0 Å². The highest BCUT2D eigenvalue weighted by Crippen LogP contribution is 2.51. The van der Waals surface area contributed by atoms with Crippen LogP contribution in [0.25, 0.3) is 64.0 Å². The molecule has 2 aromatic heterocycles. The van der Waals surface area contributed by atoms with Crippen LogP contribution in [0.15, 0.2) is 144 Å². The molecule has 0 atom stereocenters. The second-order valence-corrected chi connectivity index (χ2v) is 14.0. The molecule has 0 amide bonds. The van der Waals surface area contributed by atoms with Crippen molar-refractivity contribution in [1.29, 1.82) is 0 Å². The lowest BCUT2D eigenvalue weighted by Gasteiger charge is -2.27. The van der Waals surface area contributed by atoms with Crippen LogP contribution in [-0.4, -0.2) is 0 Å². The zero-order valence-corrected chi connectivity index (χ0v) is 26.4. The van der Waals surface area contributed by atoms with E-state index in [2.05, 4.69) is 146 Å². The van der Waals surface area contributed by atoms with E-state index < -0.39 is 0 Å². The molecule has 0 unspecified atom stereocenters. The third kappa shape index (κ3) is 3.58. The SMILES string of the molecule is CC1(C)c2ccccc2-c2cc(N(c3ccc4oc5ccccc5c4c3)c3ccc4ccc5sc6ccccc6c5c4c3)ccc21. The van der Waals surface area contributed by atoms with Crippen molar-refractivity contribution in [3.8, 4) is 11.1 Å². The van der Waals surface area contributed by atoms with Crippen LogP contribution in [-0.2, 0) is 5.41 Å². The third-order valence-corrected chi connectivity index (χ3v) is 11.2. The van der Waals surface area contributed by atoms with Crippen molar-refractivity contribution >= 4 is 81.3 Å². The van der Waals surface area contributed by atoms with Crippen molar-refractivity contribution in [2.75, 3.05) is 4.90 Å². The van der Waals surface area contributed by atoms with E-state index in [9.17, 15) is 0 Å².